The first-order chi connectivity index (χ1) is 12.0. The second-order valence-corrected chi connectivity index (χ2v) is 7.43. The van der Waals surface area contributed by atoms with Gasteiger partial charge in [-0.3, -0.25) is 13.4 Å². The standard InChI is InChI=1S/C17H22FN3O3S/c1-19-10-5-11-20-14-6-3-4-7-15(14)21(25(20,22)23)16-9-8-13(18)12-17(16)24-2/h3-4,6-9,12,19,22-23H,5,10-11H2,1-2H3. The Kier molecular flexibility index (Phi) is 5.05. The van der Waals surface area contributed by atoms with E-state index in [0.29, 0.717) is 17.9 Å². The predicted molar refractivity (Wildman–Crippen MR) is 100 cm³/mol. The van der Waals surface area contributed by atoms with E-state index in [1.807, 2.05) is 31.3 Å². The first-order valence-electron chi connectivity index (χ1n) is 7.94. The van der Waals surface area contributed by atoms with Crippen molar-refractivity contribution >= 4 is 28.0 Å². The van der Waals surface area contributed by atoms with Gasteiger partial charge in [0.2, 0.25) is 0 Å². The van der Waals surface area contributed by atoms with E-state index in [2.05, 4.69) is 5.32 Å². The summed E-state index contributed by atoms with van der Waals surface area (Å²) in [5, 5.41) is 3.05. The molecular formula is C17H22FN3O3S. The maximum absolute atomic E-state index is 13.6. The molecule has 0 aliphatic carbocycles. The summed E-state index contributed by atoms with van der Waals surface area (Å²) in [6.07, 6.45) is 0.745. The fourth-order valence-corrected chi connectivity index (χ4v) is 4.76. The van der Waals surface area contributed by atoms with Crippen molar-refractivity contribution < 1.29 is 18.2 Å². The number of methoxy groups -OCH3 is 1. The minimum absolute atomic E-state index is 0.242. The smallest absolute Gasteiger partial charge is 0.147 e. The summed E-state index contributed by atoms with van der Waals surface area (Å²) in [6.45, 7) is 1.23. The molecule has 0 fully saturated rings. The van der Waals surface area contributed by atoms with Crippen LogP contribution in [0.2, 0.25) is 0 Å². The van der Waals surface area contributed by atoms with E-state index >= 15 is 0 Å². The largest absolute Gasteiger partial charge is 0.494 e. The van der Waals surface area contributed by atoms with Crippen LogP contribution >= 0.6 is 11.0 Å². The minimum atomic E-state index is -3.33. The van der Waals surface area contributed by atoms with Gasteiger partial charge in [0.1, 0.15) is 17.3 Å². The number of para-hydroxylation sites is 2. The summed E-state index contributed by atoms with van der Waals surface area (Å²) < 4.78 is 43.8. The lowest BCUT2D eigenvalue weighted by Gasteiger charge is -2.44. The fourth-order valence-electron chi connectivity index (χ4n) is 2.93. The Labute approximate surface area is 148 Å². The van der Waals surface area contributed by atoms with E-state index < -0.39 is 16.8 Å². The zero-order valence-electron chi connectivity index (χ0n) is 14.1. The summed E-state index contributed by atoms with van der Waals surface area (Å²) in [5.74, 6) is -0.206. The van der Waals surface area contributed by atoms with Crippen molar-refractivity contribution in [2.45, 2.75) is 6.42 Å². The van der Waals surface area contributed by atoms with Gasteiger partial charge in [-0.1, -0.05) is 12.1 Å². The van der Waals surface area contributed by atoms with Crippen LogP contribution in [-0.4, -0.2) is 36.4 Å². The van der Waals surface area contributed by atoms with Crippen LogP contribution < -0.4 is 18.7 Å². The van der Waals surface area contributed by atoms with E-state index in [9.17, 15) is 13.5 Å². The number of hydrogen-bond acceptors (Lipinski definition) is 6. The zero-order chi connectivity index (χ0) is 18.0. The van der Waals surface area contributed by atoms with Crippen molar-refractivity contribution in [2.75, 3.05) is 35.9 Å². The molecule has 0 amide bonds. The number of benzene rings is 2. The molecule has 25 heavy (non-hydrogen) atoms. The number of nitrogens with one attached hydrogen (secondary N) is 1. The number of nitrogens with zero attached hydrogens (tertiary/aromatic N) is 2. The Balaban J connectivity index is 2.08. The lowest BCUT2D eigenvalue weighted by atomic mass is 10.2. The highest BCUT2D eigenvalue weighted by atomic mass is 32.3. The van der Waals surface area contributed by atoms with Gasteiger partial charge in [0.15, 0.2) is 0 Å². The Bertz CT molecular complexity index is 760. The van der Waals surface area contributed by atoms with Crippen molar-refractivity contribution in [3.05, 3.63) is 48.3 Å². The molecule has 6 nitrogen and oxygen atoms in total. The first-order valence-corrected chi connectivity index (χ1v) is 9.40. The SMILES string of the molecule is CNCCCN1c2ccccc2N(c2ccc(F)cc2OC)S1(O)O. The summed E-state index contributed by atoms with van der Waals surface area (Å²) in [6, 6.07) is 11.3. The van der Waals surface area contributed by atoms with Gasteiger partial charge in [-0.05, 0) is 55.2 Å². The zero-order valence-corrected chi connectivity index (χ0v) is 15.0. The second-order valence-electron chi connectivity index (χ2n) is 5.65. The van der Waals surface area contributed by atoms with E-state index in [1.165, 1.54) is 29.6 Å². The van der Waals surface area contributed by atoms with Gasteiger partial charge in [-0.15, -0.1) is 0 Å². The molecule has 1 aliphatic rings. The summed E-state index contributed by atoms with van der Waals surface area (Å²) in [5.41, 5.74) is 1.79. The second kappa shape index (κ2) is 7.09. The third-order valence-electron chi connectivity index (χ3n) is 4.06. The van der Waals surface area contributed by atoms with E-state index in [1.54, 1.807) is 4.31 Å². The third kappa shape index (κ3) is 3.13. The number of hydrogen-bond donors (Lipinski definition) is 3. The number of halogens is 1. The fraction of sp³-hybridized carbons (Fsp3) is 0.294. The molecule has 1 heterocycles. The summed E-state index contributed by atoms with van der Waals surface area (Å²) in [7, 11) is -0.0494. The van der Waals surface area contributed by atoms with Crippen LogP contribution in [-0.2, 0) is 0 Å². The van der Waals surface area contributed by atoms with Crippen LogP contribution in [0.15, 0.2) is 42.5 Å². The molecule has 0 bridgehead atoms. The third-order valence-corrected chi connectivity index (χ3v) is 5.91. The summed E-state index contributed by atoms with van der Waals surface area (Å²) >= 11 is 0. The first kappa shape index (κ1) is 17.8. The molecular weight excluding hydrogens is 345 g/mol. The van der Waals surface area contributed by atoms with E-state index in [4.69, 9.17) is 4.74 Å². The molecule has 0 saturated carbocycles. The average molecular weight is 367 g/mol. The minimum Gasteiger partial charge on any atom is -0.494 e. The van der Waals surface area contributed by atoms with Gasteiger partial charge in [-0.2, -0.15) is 0 Å². The van der Waals surface area contributed by atoms with Crippen molar-refractivity contribution in [1.29, 1.82) is 0 Å². The Morgan fingerprint density at radius 1 is 1.12 bits per heavy atom. The van der Waals surface area contributed by atoms with Crippen molar-refractivity contribution in [1.82, 2.24) is 5.32 Å². The maximum atomic E-state index is 13.6. The Morgan fingerprint density at radius 3 is 2.52 bits per heavy atom. The number of ether oxygens (including phenoxy) is 1. The molecule has 2 aromatic carbocycles. The van der Waals surface area contributed by atoms with E-state index in [0.717, 1.165) is 18.7 Å². The van der Waals surface area contributed by atoms with Crippen LogP contribution in [0.25, 0.3) is 0 Å². The molecule has 0 atom stereocenters. The number of fused-ring (bicyclic) bond motifs is 1. The topological polar surface area (TPSA) is 68.2 Å². The summed E-state index contributed by atoms with van der Waals surface area (Å²) in [4.78, 5) is 0. The maximum Gasteiger partial charge on any atom is 0.147 e. The molecule has 0 spiro atoms. The molecule has 1 aliphatic heterocycles. The molecule has 3 rings (SSSR count). The van der Waals surface area contributed by atoms with Crippen LogP contribution in [0.3, 0.4) is 0 Å². The Hall–Kier alpha value is -2.00. The molecule has 0 saturated heterocycles. The average Bonchev–Trinajstić information content (AvgIpc) is 2.82. The van der Waals surface area contributed by atoms with Crippen molar-refractivity contribution in [2.24, 2.45) is 0 Å². The van der Waals surface area contributed by atoms with Crippen LogP contribution in [0.4, 0.5) is 21.5 Å². The predicted octanol–water partition coefficient (Wildman–Crippen LogP) is 3.98. The quantitative estimate of drug-likeness (QED) is 0.671. The molecule has 8 heteroatoms. The van der Waals surface area contributed by atoms with Crippen LogP contribution in [0.5, 0.6) is 5.75 Å². The lowest BCUT2D eigenvalue weighted by Crippen LogP contribution is -2.33. The van der Waals surface area contributed by atoms with Gasteiger partial charge < -0.3 is 10.1 Å². The molecule has 136 valence electrons. The lowest BCUT2D eigenvalue weighted by molar-refractivity contribution is 0.412. The number of rotatable bonds is 6. The molecule has 0 radical (unpaired) electrons. The van der Waals surface area contributed by atoms with Crippen molar-refractivity contribution in [3.8, 4) is 5.75 Å². The molecule has 2 aromatic rings. The van der Waals surface area contributed by atoms with Gasteiger partial charge in [0.25, 0.3) is 0 Å². The van der Waals surface area contributed by atoms with Crippen LogP contribution in [0.1, 0.15) is 6.42 Å². The molecule has 0 aromatic heterocycles. The van der Waals surface area contributed by atoms with Gasteiger partial charge in [-0.25, -0.2) is 8.70 Å². The molecule has 0 unspecified atom stereocenters. The normalized spacial score (nSPS) is 16.7. The highest BCUT2D eigenvalue weighted by molar-refractivity contribution is 8.27. The number of anilines is 3. The van der Waals surface area contributed by atoms with E-state index in [-0.39, 0.29) is 5.75 Å². The highest BCUT2D eigenvalue weighted by Crippen LogP contribution is 2.65. The van der Waals surface area contributed by atoms with Gasteiger partial charge in [0, 0.05) is 12.6 Å². The van der Waals surface area contributed by atoms with Crippen molar-refractivity contribution in [3.63, 3.8) is 0 Å². The van der Waals surface area contributed by atoms with Crippen LogP contribution in [0, 0.1) is 5.82 Å². The van der Waals surface area contributed by atoms with Gasteiger partial charge in [0.05, 0.1) is 18.5 Å². The molecule has 3 N–H and O–H groups in total. The Morgan fingerprint density at radius 2 is 1.84 bits per heavy atom. The highest BCUT2D eigenvalue weighted by Gasteiger charge is 2.42. The van der Waals surface area contributed by atoms with Gasteiger partial charge >= 0.3 is 0 Å². The monoisotopic (exact) mass is 367 g/mol.